The number of hydrogen-bond donors (Lipinski definition) is 0. The summed E-state index contributed by atoms with van der Waals surface area (Å²) in [6.07, 6.45) is 0. The van der Waals surface area contributed by atoms with Crippen LogP contribution in [0.25, 0.3) is 105 Å². The molecular formula is C47H28N4O. The zero-order valence-corrected chi connectivity index (χ0v) is 27.9. The summed E-state index contributed by atoms with van der Waals surface area (Å²) in [5.74, 6) is 1.85. The number of fused-ring (bicyclic) bond motifs is 8. The van der Waals surface area contributed by atoms with Gasteiger partial charge in [-0.1, -0.05) is 127 Å². The van der Waals surface area contributed by atoms with Crippen molar-refractivity contribution in [3.63, 3.8) is 0 Å². The zero-order valence-electron chi connectivity index (χ0n) is 27.9. The lowest BCUT2D eigenvalue weighted by Gasteiger charge is -2.12. The SMILES string of the molecule is c1ccc(-c2nc(-c3ccccc3)nc(-c3c4ccccc4cc4oc5ccc(-n6c7ccccc7c7cc8ccccc8cc76)cc5c34)n2)cc1. The molecule has 0 atom stereocenters. The van der Waals surface area contributed by atoms with Gasteiger partial charge in [-0.3, -0.25) is 0 Å². The fraction of sp³-hybridized carbons (Fsp3) is 0. The molecule has 0 radical (unpaired) electrons. The summed E-state index contributed by atoms with van der Waals surface area (Å²) in [5, 5.41) is 8.98. The minimum Gasteiger partial charge on any atom is -0.456 e. The summed E-state index contributed by atoms with van der Waals surface area (Å²) in [6, 6.07) is 59.2. The van der Waals surface area contributed by atoms with E-state index in [-0.39, 0.29) is 0 Å². The van der Waals surface area contributed by atoms with Crippen LogP contribution < -0.4 is 0 Å². The van der Waals surface area contributed by atoms with E-state index in [4.69, 9.17) is 19.4 Å². The highest BCUT2D eigenvalue weighted by atomic mass is 16.3. The summed E-state index contributed by atoms with van der Waals surface area (Å²) in [5.41, 5.74) is 7.75. The van der Waals surface area contributed by atoms with Crippen molar-refractivity contribution in [3.8, 4) is 39.9 Å². The number of furan rings is 1. The molecule has 0 fully saturated rings. The standard InChI is InChI=1S/C47H28N4O/c1-3-13-29(14-4-1)45-48-46(30-15-5-2-6-16-30)50-47(49-45)44-35-20-10-9-19-33(35)27-42-43(44)38-28-34(23-24-41(38)52-42)51-39-22-12-11-21-36(39)37-25-31-17-7-8-18-32(31)26-40(37)51/h1-28H. The molecule has 5 nitrogen and oxygen atoms in total. The van der Waals surface area contributed by atoms with Crippen molar-refractivity contribution in [1.29, 1.82) is 0 Å². The first-order chi connectivity index (χ1) is 25.8. The zero-order chi connectivity index (χ0) is 34.2. The molecule has 3 heterocycles. The topological polar surface area (TPSA) is 56.7 Å². The molecule has 0 bridgehead atoms. The Kier molecular flexibility index (Phi) is 6.18. The van der Waals surface area contributed by atoms with Crippen molar-refractivity contribution in [2.75, 3.05) is 0 Å². The van der Waals surface area contributed by atoms with Crippen molar-refractivity contribution in [1.82, 2.24) is 19.5 Å². The maximum absolute atomic E-state index is 6.68. The van der Waals surface area contributed by atoms with Gasteiger partial charge in [0.15, 0.2) is 17.5 Å². The molecule has 11 aromatic rings. The average Bonchev–Trinajstić information content (AvgIpc) is 3.73. The van der Waals surface area contributed by atoms with E-state index in [0.717, 1.165) is 66.1 Å². The van der Waals surface area contributed by atoms with Crippen LogP contribution >= 0.6 is 0 Å². The van der Waals surface area contributed by atoms with Crippen molar-refractivity contribution < 1.29 is 4.42 Å². The summed E-state index contributed by atoms with van der Waals surface area (Å²) in [6.45, 7) is 0. The van der Waals surface area contributed by atoms with E-state index < -0.39 is 0 Å². The lowest BCUT2D eigenvalue weighted by atomic mass is 9.97. The maximum atomic E-state index is 6.68. The van der Waals surface area contributed by atoms with E-state index in [0.29, 0.717) is 17.5 Å². The molecule has 0 N–H and O–H groups in total. The van der Waals surface area contributed by atoms with Crippen molar-refractivity contribution in [2.24, 2.45) is 0 Å². The molecule has 8 aromatic carbocycles. The molecule has 0 spiro atoms. The van der Waals surface area contributed by atoms with E-state index in [2.05, 4.69) is 114 Å². The lowest BCUT2D eigenvalue weighted by molar-refractivity contribution is 0.669. The monoisotopic (exact) mass is 664 g/mol. The third-order valence-electron chi connectivity index (χ3n) is 10.2. The summed E-state index contributed by atoms with van der Waals surface area (Å²) >= 11 is 0. The van der Waals surface area contributed by atoms with Crippen LogP contribution in [0.3, 0.4) is 0 Å². The Morgan fingerprint density at radius 3 is 1.71 bits per heavy atom. The summed E-state index contributed by atoms with van der Waals surface area (Å²) < 4.78 is 9.05. The van der Waals surface area contributed by atoms with Crippen molar-refractivity contribution in [3.05, 3.63) is 170 Å². The van der Waals surface area contributed by atoms with E-state index in [1.54, 1.807) is 0 Å². The average molecular weight is 665 g/mol. The summed E-state index contributed by atoms with van der Waals surface area (Å²) in [4.78, 5) is 15.4. The molecule has 0 unspecified atom stereocenters. The molecule has 0 saturated heterocycles. The first-order valence-corrected chi connectivity index (χ1v) is 17.4. The smallest absolute Gasteiger partial charge is 0.165 e. The molecule has 3 aromatic heterocycles. The van der Waals surface area contributed by atoms with Gasteiger partial charge in [0.2, 0.25) is 0 Å². The van der Waals surface area contributed by atoms with Crippen molar-refractivity contribution in [2.45, 2.75) is 0 Å². The largest absolute Gasteiger partial charge is 0.456 e. The Bertz CT molecular complexity index is 3120. The number of hydrogen-bond acceptors (Lipinski definition) is 4. The lowest BCUT2D eigenvalue weighted by Crippen LogP contribution is -2.01. The Hall–Kier alpha value is -7.11. The van der Waals surface area contributed by atoms with Crippen LogP contribution in [0, 0.1) is 0 Å². The molecule has 52 heavy (non-hydrogen) atoms. The number of para-hydroxylation sites is 1. The predicted molar refractivity (Wildman–Crippen MR) is 213 cm³/mol. The molecule has 0 saturated carbocycles. The Labute approximate surface area is 298 Å². The van der Waals surface area contributed by atoms with Gasteiger partial charge in [0, 0.05) is 43.9 Å². The van der Waals surface area contributed by atoms with Crippen molar-refractivity contribution >= 4 is 65.3 Å². The van der Waals surface area contributed by atoms with Crippen LogP contribution in [0.4, 0.5) is 0 Å². The quantitative estimate of drug-likeness (QED) is 0.188. The van der Waals surface area contributed by atoms with Crippen LogP contribution in [0.5, 0.6) is 0 Å². The Balaban J connectivity index is 1.23. The van der Waals surface area contributed by atoms with Gasteiger partial charge in [0.05, 0.1) is 11.0 Å². The van der Waals surface area contributed by atoms with Gasteiger partial charge < -0.3 is 8.98 Å². The third-order valence-corrected chi connectivity index (χ3v) is 10.2. The molecule has 0 aliphatic rings. The van der Waals surface area contributed by atoms with Gasteiger partial charge in [-0.2, -0.15) is 0 Å². The number of aromatic nitrogens is 4. The number of rotatable bonds is 4. The van der Waals surface area contributed by atoms with Crippen LogP contribution in [0.2, 0.25) is 0 Å². The van der Waals surface area contributed by atoms with Gasteiger partial charge in [-0.25, -0.2) is 15.0 Å². The van der Waals surface area contributed by atoms with E-state index in [1.807, 2.05) is 60.7 Å². The van der Waals surface area contributed by atoms with Gasteiger partial charge in [-0.05, 0) is 64.0 Å². The fourth-order valence-electron chi connectivity index (χ4n) is 7.82. The molecule has 0 aliphatic heterocycles. The molecule has 11 rings (SSSR count). The predicted octanol–water partition coefficient (Wildman–Crippen LogP) is 12.2. The molecule has 0 amide bonds. The van der Waals surface area contributed by atoms with Gasteiger partial charge in [0.25, 0.3) is 0 Å². The second-order valence-corrected chi connectivity index (χ2v) is 13.2. The minimum atomic E-state index is 0.603. The minimum absolute atomic E-state index is 0.603. The molecular weight excluding hydrogens is 637 g/mol. The highest BCUT2D eigenvalue weighted by molar-refractivity contribution is 6.21. The number of benzene rings is 8. The normalized spacial score (nSPS) is 11.8. The van der Waals surface area contributed by atoms with E-state index in [9.17, 15) is 0 Å². The molecule has 0 aliphatic carbocycles. The van der Waals surface area contributed by atoms with Crippen LogP contribution in [0.15, 0.2) is 174 Å². The Morgan fingerprint density at radius 1 is 0.385 bits per heavy atom. The van der Waals surface area contributed by atoms with Gasteiger partial charge in [0.1, 0.15) is 11.2 Å². The first kappa shape index (κ1) is 28.7. The maximum Gasteiger partial charge on any atom is 0.165 e. The molecule has 5 heteroatoms. The number of nitrogens with zero attached hydrogens (tertiary/aromatic N) is 4. The van der Waals surface area contributed by atoms with E-state index >= 15 is 0 Å². The molecule has 242 valence electrons. The second kappa shape index (κ2) is 11.2. The Morgan fingerprint density at radius 2 is 0.981 bits per heavy atom. The first-order valence-electron chi connectivity index (χ1n) is 17.4. The highest BCUT2D eigenvalue weighted by Gasteiger charge is 2.22. The van der Waals surface area contributed by atoms with E-state index in [1.165, 1.54) is 21.5 Å². The summed E-state index contributed by atoms with van der Waals surface area (Å²) in [7, 11) is 0. The second-order valence-electron chi connectivity index (χ2n) is 13.2. The van der Waals surface area contributed by atoms with Gasteiger partial charge in [-0.15, -0.1) is 0 Å². The third kappa shape index (κ3) is 4.39. The van der Waals surface area contributed by atoms with Gasteiger partial charge >= 0.3 is 0 Å². The van der Waals surface area contributed by atoms with Crippen LogP contribution in [-0.4, -0.2) is 19.5 Å². The van der Waals surface area contributed by atoms with Crippen LogP contribution in [-0.2, 0) is 0 Å². The highest BCUT2D eigenvalue weighted by Crippen LogP contribution is 2.43. The van der Waals surface area contributed by atoms with Crippen LogP contribution in [0.1, 0.15) is 0 Å². The fourth-order valence-corrected chi connectivity index (χ4v) is 7.82.